The van der Waals surface area contributed by atoms with E-state index in [9.17, 15) is 19.3 Å². The van der Waals surface area contributed by atoms with Crippen LogP contribution in [0.4, 0.5) is 10.1 Å². The molecule has 0 radical (unpaired) electrons. The summed E-state index contributed by atoms with van der Waals surface area (Å²) in [5.41, 5.74) is -0.495. The number of carbonyl (C=O) groups is 1. The third-order valence-electron chi connectivity index (χ3n) is 2.19. The van der Waals surface area contributed by atoms with Gasteiger partial charge in [0.25, 0.3) is 11.6 Å². The van der Waals surface area contributed by atoms with E-state index in [0.29, 0.717) is 13.1 Å². The molecule has 1 rings (SSSR count). The van der Waals surface area contributed by atoms with Crippen molar-refractivity contribution in [3.8, 4) is 0 Å². The van der Waals surface area contributed by atoms with Gasteiger partial charge < -0.3 is 10.6 Å². The fourth-order valence-corrected chi connectivity index (χ4v) is 1.35. The average Bonchev–Trinajstić information content (AvgIpc) is 2.33. The van der Waals surface area contributed by atoms with E-state index in [4.69, 9.17) is 0 Å². The molecule has 1 aromatic rings. The molecule has 18 heavy (non-hydrogen) atoms. The van der Waals surface area contributed by atoms with Gasteiger partial charge in [0.15, 0.2) is 0 Å². The van der Waals surface area contributed by atoms with Crippen molar-refractivity contribution >= 4 is 11.6 Å². The van der Waals surface area contributed by atoms with Crippen LogP contribution in [0, 0.1) is 15.9 Å². The molecule has 6 nitrogen and oxygen atoms in total. The molecule has 0 aliphatic rings. The van der Waals surface area contributed by atoms with Gasteiger partial charge in [0, 0.05) is 24.7 Å². The smallest absolute Gasteiger partial charge is 0.273 e. The minimum Gasteiger partial charge on any atom is -0.351 e. The third kappa shape index (κ3) is 4.10. The molecule has 7 heteroatoms. The summed E-state index contributed by atoms with van der Waals surface area (Å²) in [6, 6.07) is 2.79. The minimum absolute atomic E-state index is 0.0572. The van der Waals surface area contributed by atoms with Crippen LogP contribution in [0.2, 0.25) is 0 Å². The predicted molar refractivity (Wildman–Crippen MR) is 63.9 cm³/mol. The van der Waals surface area contributed by atoms with E-state index in [2.05, 4.69) is 10.6 Å². The molecular formula is C11H14FN3O3. The number of amides is 1. The molecule has 0 spiro atoms. The van der Waals surface area contributed by atoms with Crippen molar-refractivity contribution in [3.05, 3.63) is 39.7 Å². The zero-order valence-corrected chi connectivity index (χ0v) is 9.90. The van der Waals surface area contributed by atoms with Crippen molar-refractivity contribution in [2.24, 2.45) is 0 Å². The molecule has 0 saturated carbocycles. The van der Waals surface area contributed by atoms with Crippen LogP contribution in [-0.4, -0.2) is 30.5 Å². The summed E-state index contributed by atoms with van der Waals surface area (Å²) >= 11 is 0. The molecule has 1 aromatic carbocycles. The molecule has 0 saturated heterocycles. The van der Waals surface area contributed by atoms with E-state index >= 15 is 0 Å². The number of nitrogens with one attached hydrogen (secondary N) is 2. The fraction of sp³-hybridized carbons (Fsp3) is 0.364. The first-order valence-corrected chi connectivity index (χ1v) is 5.48. The van der Waals surface area contributed by atoms with E-state index in [1.165, 1.54) is 0 Å². The number of non-ortho nitro benzene ring substituents is 1. The number of rotatable bonds is 6. The zero-order chi connectivity index (χ0) is 13.5. The topological polar surface area (TPSA) is 84.3 Å². The normalized spacial score (nSPS) is 10.1. The van der Waals surface area contributed by atoms with Gasteiger partial charge in [-0.3, -0.25) is 14.9 Å². The summed E-state index contributed by atoms with van der Waals surface area (Å²) in [5, 5.41) is 16.1. The van der Waals surface area contributed by atoms with E-state index in [1.807, 2.05) is 6.92 Å². The van der Waals surface area contributed by atoms with Gasteiger partial charge in [0.05, 0.1) is 11.0 Å². The maximum Gasteiger partial charge on any atom is 0.273 e. The largest absolute Gasteiger partial charge is 0.351 e. The van der Waals surface area contributed by atoms with Gasteiger partial charge in [-0.05, 0) is 12.6 Å². The van der Waals surface area contributed by atoms with E-state index in [-0.39, 0.29) is 5.56 Å². The van der Waals surface area contributed by atoms with Crippen LogP contribution in [0.25, 0.3) is 0 Å². The minimum atomic E-state index is -0.805. The monoisotopic (exact) mass is 255 g/mol. The quantitative estimate of drug-likeness (QED) is 0.452. The molecule has 0 atom stereocenters. The highest BCUT2D eigenvalue weighted by molar-refractivity contribution is 5.94. The van der Waals surface area contributed by atoms with Gasteiger partial charge in [-0.25, -0.2) is 4.39 Å². The van der Waals surface area contributed by atoms with Crippen LogP contribution in [-0.2, 0) is 0 Å². The predicted octanol–water partition coefficient (Wildman–Crippen LogP) is 1.07. The third-order valence-corrected chi connectivity index (χ3v) is 2.19. The van der Waals surface area contributed by atoms with Crippen LogP contribution in [0.15, 0.2) is 18.2 Å². The van der Waals surface area contributed by atoms with Crippen LogP contribution in [0.3, 0.4) is 0 Å². The Morgan fingerprint density at radius 3 is 2.72 bits per heavy atom. The van der Waals surface area contributed by atoms with Crippen molar-refractivity contribution in [1.29, 1.82) is 0 Å². The first kappa shape index (κ1) is 14.0. The second-order valence-electron chi connectivity index (χ2n) is 3.56. The summed E-state index contributed by atoms with van der Waals surface area (Å²) < 4.78 is 13.1. The number of benzene rings is 1. The highest BCUT2D eigenvalue weighted by Gasteiger charge is 2.14. The molecule has 1 amide bonds. The Kier molecular flexibility index (Phi) is 5.19. The standard InChI is InChI=1S/C11H14FN3O3/c1-2-13-3-4-14-11(16)8-5-9(12)7-10(6-8)15(17)18/h5-7,13H,2-4H2,1H3,(H,14,16). The molecule has 0 aliphatic heterocycles. The van der Waals surface area contributed by atoms with Crippen LogP contribution in [0.1, 0.15) is 17.3 Å². The van der Waals surface area contributed by atoms with Crippen LogP contribution in [0.5, 0.6) is 0 Å². The number of nitro benzene ring substituents is 1. The molecule has 0 heterocycles. The second kappa shape index (κ2) is 6.65. The molecule has 0 fully saturated rings. The number of nitrogens with zero attached hydrogens (tertiary/aromatic N) is 1. The Morgan fingerprint density at radius 1 is 1.39 bits per heavy atom. The van der Waals surface area contributed by atoms with E-state index in [1.54, 1.807) is 0 Å². The SMILES string of the molecule is CCNCCNC(=O)c1cc(F)cc([N+](=O)[O-])c1. The number of hydrogen-bond acceptors (Lipinski definition) is 4. The summed E-state index contributed by atoms with van der Waals surface area (Å²) in [5.74, 6) is -1.34. The van der Waals surface area contributed by atoms with Crippen molar-refractivity contribution < 1.29 is 14.1 Å². The van der Waals surface area contributed by atoms with Gasteiger partial charge in [-0.1, -0.05) is 6.92 Å². The molecule has 98 valence electrons. The van der Waals surface area contributed by atoms with Crippen LogP contribution < -0.4 is 10.6 Å². The second-order valence-corrected chi connectivity index (χ2v) is 3.56. The number of hydrogen-bond donors (Lipinski definition) is 2. The van der Waals surface area contributed by atoms with E-state index < -0.39 is 22.3 Å². The molecular weight excluding hydrogens is 241 g/mol. The maximum absolute atomic E-state index is 13.1. The molecule has 2 N–H and O–H groups in total. The molecule has 0 unspecified atom stereocenters. The number of carbonyl (C=O) groups excluding carboxylic acids is 1. The maximum atomic E-state index is 13.1. The lowest BCUT2D eigenvalue weighted by molar-refractivity contribution is -0.385. The molecule has 0 aromatic heterocycles. The Hall–Kier alpha value is -2.02. The Bertz CT molecular complexity index is 451. The van der Waals surface area contributed by atoms with Crippen LogP contribution >= 0.6 is 0 Å². The molecule has 0 bridgehead atoms. The van der Waals surface area contributed by atoms with Gasteiger partial charge in [0.2, 0.25) is 0 Å². The fourth-order valence-electron chi connectivity index (χ4n) is 1.35. The lowest BCUT2D eigenvalue weighted by atomic mass is 10.2. The Morgan fingerprint density at radius 2 is 2.11 bits per heavy atom. The number of likely N-dealkylation sites (N-methyl/N-ethyl adjacent to an activating group) is 1. The lowest BCUT2D eigenvalue weighted by Gasteiger charge is -2.05. The summed E-state index contributed by atoms with van der Waals surface area (Å²) in [4.78, 5) is 21.4. The van der Waals surface area contributed by atoms with E-state index in [0.717, 1.165) is 24.7 Å². The summed E-state index contributed by atoms with van der Waals surface area (Å²) in [6.07, 6.45) is 0. The number of halogens is 1. The van der Waals surface area contributed by atoms with Crippen molar-refractivity contribution in [3.63, 3.8) is 0 Å². The van der Waals surface area contributed by atoms with Gasteiger partial charge in [0.1, 0.15) is 5.82 Å². The lowest BCUT2D eigenvalue weighted by Crippen LogP contribution is -2.31. The van der Waals surface area contributed by atoms with Crippen molar-refractivity contribution in [2.75, 3.05) is 19.6 Å². The van der Waals surface area contributed by atoms with Gasteiger partial charge in [-0.2, -0.15) is 0 Å². The highest BCUT2D eigenvalue weighted by Crippen LogP contribution is 2.16. The Balaban J connectivity index is 2.70. The van der Waals surface area contributed by atoms with Gasteiger partial charge >= 0.3 is 0 Å². The first-order valence-electron chi connectivity index (χ1n) is 5.48. The van der Waals surface area contributed by atoms with Crippen molar-refractivity contribution in [2.45, 2.75) is 6.92 Å². The average molecular weight is 255 g/mol. The van der Waals surface area contributed by atoms with Crippen molar-refractivity contribution in [1.82, 2.24) is 10.6 Å². The highest BCUT2D eigenvalue weighted by atomic mass is 19.1. The zero-order valence-electron chi connectivity index (χ0n) is 9.90. The molecule has 0 aliphatic carbocycles. The first-order chi connectivity index (χ1) is 8.54. The number of nitro groups is 1. The Labute approximate surface area is 103 Å². The summed E-state index contributed by atoms with van der Waals surface area (Å²) in [7, 11) is 0. The summed E-state index contributed by atoms with van der Waals surface area (Å²) in [6.45, 7) is 3.66. The van der Waals surface area contributed by atoms with Gasteiger partial charge in [-0.15, -0.1) is 0 Å².